The molecule has 0 aliphatic rings. The monoisotopic (exact) mass is 233 g/mol. The fourth-order valence-corrected chi connectivity index (χ4v) is 2.08. The van der Waals surface area contributed by atoms with Gasteiger partial charge in [0.05, 0.1) is 11.0 Å². The number of anilines is 1. The van der Waals surface area contributed by atoms with E-state index in [0.29, 0.717) is 6.04 Å². The third kappa shape index (κ3) is 2.70. The molecular formula is C13H19N3O. The molecule has 0 saturated carbocycles. The minimum atomic E-state index is -0.155. The summed E-state index contributed by atoms with van der Waals surface area (Å²) in [6, 6.07) is 6.41. The van der Waals surface area contributed by atoms with E-state index in [-0.39, 0.29) is 5.69 Å². The van der Waals surface area contributed by atoms with E-state index in [1.165, 1.54) is 6.42 Å². The van der Waals surface area contributed by atoms with Gasteiger partial charge in [-0.15, -0.1) is 0 Å². The molecule has 0 aliphatic heterocycles. The van der Waals surface area contributed by atoms with E-state index in [1.54, 1.807) is 0 Å². The number of aromatic nitrogens is 2. The van der Waals surface area contributed by atoms with Crippen molar-refractivity contribution in [1.82, 2.24) is 9.97 Å². The van der Waals surface area contributed by atoms with Crippen LogP contribution in [0.25, 0.3) is 11.0 Å². The number of benzene rings is 1. The Morgan fingerprint density at radius 3 is 2.71 bits per heavy atom. The van der Waals surface area contributed by atoms with Crippen molar-refractivity contribution in [3.05, 3.63) is 28.7 Å². The van der Waals surface area contributed by atoms with Crippen LogP contribution in [0.5, 0.6) is 0 Å². The minimum Gasteiger partial charge on any atom is -0.382 e. The van der Waals surface area contributed by atoms with E-state index >= 15 is 0 Å². The molecule has 0 saturated heterocycles. The van der Waals surface area contributed by atoms with Crippen LogP contribution in [0, 0.1) is 0 Å². The van der Waals surface area contributed by atoms with E-state index < -0.39 is 0 Å². The van der Waals surface area contributed by atoms with Gasteiger partial charge in [0.25, 0.3) is 0 Å². The van der Waals surface area contributed by atoms with Gasteiger partial charge in [-0.05, 0) is 31.0 Å². The molecular weight excluding hydrogens is 214 g/mol. The van der Waals surface area contributed by atoms with Crippen molar-refractivity contribution in [2.75, 3.05) is 5.32 Å². The summed E-state index contributed by atoms with van der Waals surface area (Å²) in [6.45, 7) is 4.38. The highest BCUT2D eigenvalue weighted by Gasteiger charge is 2.05. The summed E-state index contributed by atoms with van der Waals surface area (Å²) in [6.07, 6.45) is 3.45. The number of nitrogens with one attached hydrogen (secondary N) is 3. The summed E-state index contributed by atoms with van der Waals surface area (Å²) in [4.78, 5) is 16.7. The highest BCUT2D eigenvalue weighted by Crippen LogP contribution is 2.17. The predicted octanol–water partition coefficient (Wildman–Crippen LogP) is 2.85. The van der Waals surface area contributed by atoms with E-state index in [9.17, 15) is 4.79 Å². The van der Waals surface area contributed by atoms with Crippen LogP contribution in [-0.4, -0.2) is 16.0 Å². The van der Waals surface area contributed by atoms with Gasteiger partial charge in [0, 0.05) is 11.7 Å². The Morgan fingerprint density at radius 2 is 2.00 bits per heavy atom. The maximum absolute atomic E-state index is 11.1. The average molecular weight is 233 g/mol. The number of hydrogen-bond donors (Lipinski definition) is 3. The Balaban J connectivity index is 2.20. The molecule has 1 aromatic heterocycles. The number of H-pyrrole nitrogens is 2. The Kier molecular flexibility index (Phi) is 3.52. The van der Waals surface area contributed by atoms with Gasteiger partial charge in [-0.3, -0.25) is 0 Å². The second-order valence-electron chi connectivity index (χ2n) is 4.38. The summed E-state index contributed by atoms with van der Waals surface area (Å²) in [5.74, 6) is 0. The molecule has 4 heteroatoms. The fraction of sp³-hybridized carbons (Fsp3) is 0.462. The molecule has 0 bridgehead atoms. The number of aromatic amines is 2. The fourth-order valence-electron chi connectivity index (χ4n) is 2.08. The first-order valence-corrected chi connectivity index (χ1v) is 6.21. The smallest absolute Gasteiger partial charge is 0.323 e. The first kappa shape index (κ1) is 11.8. The van der Waals surface area contributed by atoms with E-state index in [2.05, 4.69) is 29.1 Å². The van der Waals surface area contributed by atoms with Crippen molar-refractivity contribution in [2.45, 2.75) is 39.2 Å². The predicted molar refractivity (Wildman–Crippen MR) is 71.5 cm³/mol. The zero-order valence-corrected chi connectivity index (χ0v) is 10.3. The van der Waals surface area contributed by atoms with E-state index in [1.807, 2.05) is 18.2 Å². The van der Waals surface area contributed by atoms with Crippen molar-refractivity contribution in [3.63, 3.8) is 0 Å². The standard InChI is InChI=1S/C13H19N3O/c1-3-5-9(4-2)14-10-6-7-11-12(8-10)16-13(17)15-11/h6-9,14H,3-5H2,1-2H3,(H2,15,16,17). The van der Waals surface area contributed by atoms with Gasteiger partial charge in [0.1, 0.15) is 0 Å². The lowest BCUT2D eigenvalue weighted by molar-refractivity contribution is 0.623. The molecule has 0 spiro atoms. The third-order valence-corrected chi connectivity index (χ3v) is 3.02. The Bertz CT molecular complexity index is 541. The van der Waals surface area contributed by atoms with Crippen LogP contribution < -0.4 is 11.0 Å². The molecule has 4 nitrogen and oxygen atoms in total. The van der Waals surface area contributed by atoms with Crippen molar-refractivity contribution in [3.8, 4) is 0 Å². The van der Waals surface area contributed by atoms with Gasteiger partial charge in [0.15, 0.2) is 0 Å². The van der Waals surface area contributed by atoms with Gasteiger partial charge in [0.2, 0.25) is 0 Å². The molecule has 2 aromatic rings. The molecule has 1 aromatic carbocycles. The Labute approximate surface area is 100 Å². The van der Waals surface area contributed by atoms with Crippen LogP contribution in [0.4, 0.5) is 5.69 Å². The second-order valence-corrected chi connectivity index (χ2v) is 4.38. The van der Waals surface area contributed by atoms with Gasteiger partial charge in [-0.1, -0.05) is 20.3 Å². The summed E-state index contributed by atoms with van der Waals surface area (Å²) in [5.41, 5.74) is 2.61. The van der Waals surface area contributed by atoms with Crippen molar-refractivity contribution in [2.24, 2.45) is 0 Å². The molecule has 17 heavy (non-hydrogen) atoms. The van der Waals surface area contributed by atoms with Crippen molar-refractivity contribution in [1.29, 1.82) is 0 Å². The normalized spacial score (nSPS) is 12.8. The molecule has 1 atom stereocenters. The average Bonchev–Trinajstić information content (AvgIpc) is 2.68. The van der Waals surface area contributed by atoms with Crippen molar-refractivity contribution < 1.29 is 0 Å². The third-order valence-electron chi connectivity index (χ3n) is 3.02. The minimum absolute atomic E-state index is 0.155. The Morgan fingerprint density at radius 1 is 1.24 bits per heavy atom. The number of rotatable bonds is 5. The molecule has 3 N–H and O–H groups in total. The van der Waals surface area contributed by atoms with E-state index in [4.69, 9.17) is 0 Å². The maximum atomic E-state index is 11.1. The largest absolute Gasteiger partial charge is 0.382 e. The zero-order valence-electron chi connectivity index (χ0n) is 10.3. The van der Waals surface area contributed by atoms with Crippen LogP contribution in [0.15, 0.2) is 23.0 Å². The van der Waals surface area contributed by atoms with Crippen LogP contribution in [0.3, 0.4) is 0 Å². The topological polar surface area (TPSA) is 60.7 Å². The SMILES string of the molecule is CCCC(CC)Nc1ccc2[nH]c(=O)[nH]c2c1. The number of imidazole rings is 1. The van der Waals surface area contributed by atoms with Gasteiger partial charge >= 0.3 is 5.69 Å². The molecule has 1 heterocycles. The lowest BCUT2D eigenvalue weighted by Crippen LogP contribution is -2.17. The van der Waals surface area contributed by atoms with Crippen LogP contribution >= 0.6 is 0 Å². The lowest BCUT2D eigenvalue weighted by Gasteiger charge is -2.17. The summed E-state index contributed by atoms with van der Waals surface area (Å²) in [7, 11) is 0. The molecule has 0 aliphatic carbocycles. The molecule has 1 unspecified atom stereocenters. The van der Waals surface area contributed by atoms with Gasteiger partial charge < -0.3 is 15.3 Å². The van der Waals surface area contributed by atoms with Crippen LogP contribution in [0.1, 0.15) is 33.1 Å². The first-order chi connectivity index (χ1) is 8.22. The van der Waals surface area contributed by atoms with E-state index in [0.717, 1.165) is 29.6 Å². The van der Waals surface area contributed by atoms with Crippen molar-refractivity contribution >= 4 is 16.7 Å². The molecule has 2 rings (SSSR count). The van der Waals surface area contributed by atoms with Gasteiger partial charge in [-0.25, -0.2) is 4.79 Å². The Hall–Kier alpha value is -1.71. The van der Waals surface area contributed by atoms with Crippen LogP contribution in [-0.2, 0) is 0 Å². The molecule has 0 radical (unpaired) electrons. The number of hydrogen-bond acceptors (Lipinski definition) is 2. The maximum Gasteiger partial charge on any atom is 0.323 e. The number of fused-ring (bicyclic) bond motifs is 1. The molecule has 0 fully saturated rings. The second kappa shape index (κ2) is 5.08. The highest BCUT2D eigenvalue weighted by molar-refractivity contribution is 5.78. The highest BCUT2D eigenvalue weighted by atomic mass is 16.1. The molecule has 0 amide bonds. The first-order valence-electron chi connectivity index (χ1n) is 6.21. The van der Waals surface area contributed by atoms with Gasteiger partial charge in [-0.2, -0.15) is 0 Å². The summed E-state index contributed by atoms with van der Waals surface area (Å²) < 4.78 is 0. The summed E-state index contributed by atoms with van der Waals surface area (Å²) in [5, 5.41) is 3.50. The lowest BCUT2D eigenvalue weighted by atomic mass is 10.1. The zero-order chi connectivity index (χ0) is 12.3. The molecule has 92 valence electrons. The summed E-state index contributed by atoms with van der Waals surface area (Å²) >= 11 is 0. The quantitative estimate of drug-likeness (QED) is 0.743. The van der Waals surface area contributed by atoms with Crippen LogP contribution in [0.2, 0.25) is 0 Å².